The quantitative estimate of drug-likeness (QED) is 0.403. The zero-order chi connectivity index (χ0) is 18.8. The molecule has 2 aromatic carbocycles. The number of carbonyl (C=O) groups is 1. The molecule has 0 aliphatic carbocycles. The van der Waals surface area contributed by atoms with E-state index in [-0.39, 0.29) is 11.5 Å². The molecule has 0 radical (unpaired) electrons. The van der Waals surface area contributed by atoms with Crippen LogP contribution in [0.2, 0.25) is 0 Å². The largest absolute Gasteiger partial charge is 0.427 e. The van der Waals surface area contributed by atoms with Crippen LogP contribution >= 0.6 is 11.3 Å². The van der Waals surface area contributed by atoms with Crippen LogP contribution in [0.15, 0.2) is 59.4 Å². The van der Waals surface area contributed by atoms with E-state index in [1.807, 2.05) is 30.3 Å². The van der Waals surface area contributed by atoms with E-state index in [9.17, 15) is 9.59 Å². The lowest BCUT2D eigenvalue weighted by Crippen LogP contribution is -2.23. The second-order valence-corrected chi connectivity index (χ2v) is 6.97. The average molecular weight is 377 g/mol. The van der Waals surface area contributed by atoms with E-state index in [4.69, 9.17) is 4.74 Å². The zero-order valence-electron chi connectivity index (χ0n) is 14.5. The van der Waals surface area contributed by atoms with E-state index in [2.05, 4.69) is 10.1 Å². The fraction of sp³-hybridized carbons (Fsp3) is 0.100. The van der Waals surface area contributed by atoms with E-state index < -0.39 is 0 Å². The fourth-order valence-corrected chi connectivity index (χ4v) is 3.60. The molecule has 0 saturated heterocycles. The summed E-state index contributed by atoms with van der Waals surface area (Å²) in [5, 5.41) is 4.34. The van der Waals surface area contributed by atoms with Crippen LogP contribution in [0.4, 0.5) is 0 Å². The van der Waals surface area contributed by atoms with Crippen LogP contribution in [0.1, 0.15) is 23.9 Å². The van der Waals surface area contributed by atoms with Crippen molar-refractivity contribution in [3.63, 3.8) is 0 Å². The van der Waals surface area contributed by atoms with Gasteiger partial charge in [0.05, 0.1) is 4.53 Å². The maximum absolute atomic E-state index is 12.6. The number of esters is 1. The third-order valence-electron chi connectivity index (χ3n) is 3.87. The van der Waals surface area contributed by atoms with Gasteiger partial charge in [-0.1, -0.05) is 53.8 Å². The highest BCUT2D eigenvalue weighted by Gasteiger charge is 2.11. The smallest absolute Gasteiger partial charge is 0.308 e. The average Bonchev–Trinajstić information content (AvgIpc) is 3.16. The van der Waals surface area contributed by atoms with Crippen molar-refractivity contribution in [3.8, 4) is 5.75 Å². The second kappa shape index (κ2) is 7.13. The molecule has 6 nitrogen and oxygen atoms in total. The van der Waals surface area contributed by atoms with Gasteiger partial charge >= 0.3 is 5.97 Å². The molecule has 4 aromatic rings. The van der Waals surface area contributed by atoms with Gasteiger partial charge in [-0.15, -0.1) is 5.10 Å². The van der Waals surface area contributed by atoms with E-state index >= 15 is 0 Å². The Morgan fingerprint density at radius 3 is 2.56 bits per heavy atom. The van der Waals surface area contributed by atoms with Crippen LogP contribution in [0.3, 0.4) is 0 Å². The Bertz CT molecular complexity index is 1210. The van der Waals surface area contributed by atoms with Crippen LogP contribution in [0, 0.1) is 0 Å². The van der Waals surface area contributed by atoms with Gasteiger partial charge < -0.3 is 4.74 Å². The fourth-order valence-electron chi connectivity index (χ4n) is 2.68. The lowest BCUT2D eigenvalue weighted by molar-refractivity contribution is -0.131. The Labute approximate surface area is 158 Å². The van der Waals surface area contributed by atoms with Gasteiger partial charge in [-0.3, -0.25) is 9.59 Å². The number of ether oxygens (including phenoxy) is 1. The summed E-state index contributed by atoms with van der Waals surface area (Å²) in [6, 6.07) is 16.8. The van der Waals surface area contributed by atoms with Gasteiger partial charge in [0.25, 0.3) is 5.56 Å². The first kappa shape index (κ1) is 17.1. The predicted octanol–water partition coefficient (Wildman–Crippen LogP) is 2.21. The van der Waals surface area contributed by atoms with E-state index in [0.29, 0.717) is 27.5 Å². The lowest BCUT2D eigenvalue weighted by atomic mass is 10.1. The molecule has 4 rings (SSSR count). The van der Waals surface area contributed by atoms with Gasteiger partial charge in [-0.2, -0.15) is 4.52 Å². The van der Waals surface area contributed by atoms with Crippen LogP contribution in [-0.2, 0) is 11.2 Å². The first-order valence-corrected chi connectivity index (χ1v) is 9.13. The van der Waals surface area contributed by atoms with Crippen molar-refractivity contribution in [1.29, 1.82) is 0 Å². The maximum atomic E-state index is 12.6. The van der Waals surface area contributed by atoms with Crippen molar-refractivity contribution in [3.05, 3.63) is 86.4 Å². The van der Waals surface area contributed by atoms with Crippen LogP contribution < -0.4 is 14.8 Å². The highest BCUT2D eigenvalue weighted by molar-refractivity contribution is 7.15. The standard InChI is InChI=1S/C20H15N3O3S/c1-13(24)26-16-9-7-15(8-10-16)11-17-19(25)23-20(27-17)21-18(22-23)12-14-5-3-2-4-6-14/h2-11H,12H2,1H3/b17-11-. The molecule has 7 heteroatoms. The van der Waals surface area contributed by atoms with Crippen molar-refractivity contribution in [2.45, 2.75) is 13.3 Å². The third-order valence-corrected chi connectivity index (χ3v) is 4.83. The van der Waals surface area contributed by atoms with Gasteiger partial charge in [0.2, 0.25) is 4.96 Å². The van der Waals surface area contributed by atoms with Gasteiger partial charge in [0.1, 0.15) is 5.75 Å². The van der Waals surface area contributed by atoms with Gasteiger partial charge in [0, 0.05) is 13.3 Å². The van der Waals surface area contributed by atoms with Gasteiger partial charge in [0.15, 0.2) is 5.82 Å². The lowest BCUT2D eigenvalue weighted by Gasteiger charge is -2.00. The first-order chi connectivity index (χ1) is 13.1. The zero-order valence-corrected chi connectivity index (χ0v) is 15.3. The van der Waals surface area contributed by atoms with E-state index in [1.54, 1.807) is 30.3 Å². The molecule has 0 unspecified atom stereocenters. The summed E-state index contributed by atoms with van der Waals surface area (Å²) in [4.78, 5) is 28.6. The minimum Gasteiger partial charge on any atom is -0.427 e. The summed E-state index contributed by atoms with van der Waals surface area (Å²) in [7, 11) is 0. The molecule has 0 amide bonds. The number of nitrogens with zero attached hydrogens (tertiary/aromatic N) is 3. The molecule has 0 N–H and O–H groups in total. The minimum absolute atomic E-state index is 0.189. The number of hydrogen-bond donors (Lipinski definition) is 0. The topological polar surface area (TPSA) is 73.6 Å². The predicted molar refractivity (Wildman–Crippen MR) is 103 cm³/mol. The number of hydrogen-bond acceptors (Lipinski definition) is 6. The van der Waals surface area contributed by atoms with Crippen molar-refractivity contribution in [1.82, 2.24) is 14.6 Å². The number of aromatic nitrogens is 3. The van der Waals surface area contributed by atoms with E-state index in [0.717, 1.165) is 11.1 Å². The molecule has 27 heavy (non-hydrogen) atoms. The summed E-state index contributed by atoms with van der Waals surface area (Å²) < 4.78 is 6.91. The molecule has 2 heterocycles. The third kappa shape index (κ3) is 3.78. The van der Waals surface area contributed by atoms with Crippen LogP contribution in [0.25, 0.3) is 11.0 Å². The summed E-state index contributed by atoms with van der Waals surface area (Å²) >= 11 is 1.30. The van der Waals surface area contributed by atoms with Crippen molar-refractivity contribution >= 4 is 28.3 Å². The monoisotopic (exact) mass is 377 g/mol. The van der Waals surface area contributed by atoms with Crippen molar-refractivity contribution in [2.75, 3.05) is 0 Å². The van der Waals surface area contributed by atoms with Gasteiger partial charge in [-0.25, -0.2) is 4.98 Å². The number of thiazole rings is 1. The molecule has 0 aliphatic heterocycles. The number of rotatable bonds is 4. The summed E-state index contributed by atoms with van der Waals surface area (Å²) in [6.07, 6.45) is 2.36. The summed E-state index contributed by atoms with van der Waals surface area (Å²) in [6.45, 7) is 1.35. The van der Waals surface area contributed by atoms with Crippen molar-refractivity contribution < 1.29 is 9.53 Å². The second-order valence-electron chi connectivity index (χ2n) is 5.96. The minimum atomic E-state index is -0.370. The highest BCUT2D eigenvalue weighted by Crippen LogP contribution is 2.13. The molecule has 0 bridgehead atoms. The summed E-state index contributed by atoms with van der Waals surface area (Å²) in [5.41, 5.74) is 1.74. The Morgan fingerprint density at radius 1 is 1.15 bits per heavy atom. The normalized spacial score (nSPS) is 11.8. The SMILES string of the molecule is CC(=O)Oc1ccc(/C=c2\sc3nc(Cc4ccccc4)nn3c2=O)cc1. The molecule has 0 spiro atoms. The Kier molecular flexibility index (Phi) is 4.52. The Balaban J connectivity index is 1.62. The molecular weight excluding hydrogens is 362 g/mol. The Hall–Kier alpha value is -3.32. The molecule has 0 aliphatic rings. The maximum Gasteiger partial charge on any atom is 0.308 e. The number of fused-ring (bicyclic) bond motifs is 1. The summed E-state index contributed by atoms with van der Waals surface area (Å²) in [5.74, 6) is 0.725. The molecular formula is C20H15N3O3S. The molecule has 0 fully saturated rings. The highest BCUT2D eigenvalue weighted by atomic mass is 32.1. The number of benzene rings is 2. The Morgan fingerprint density at radius 2 is 1.89 bits per heavy atom. The van der Waals surface area contributed by atoms with Gasteiger partial charge in [-0.05, 0) is 29.3 Å². The molecule has 0 atom stereocenters. The number of carbonyl (C=O) groups excluding carboxylic acids is 1. The van der Waals surface area contributed by atoms with Crippen LogP contribution in [-0.4, -0.2) is 20.6 Å². The molecule has 2 aromatic heterocycles. The van der Waals surface area contributed by atoms with Crippen molar-refractivity contribution in [2.24, 2.45) is 0 Å². The van der Waals surface area contributed by atoms with E-state index in [1.165, 1.54) is 22.8 Å². The van der Waals surface area contributed by atoms with Crippen LogP contribution in [0.5, 0.6) is 5.75 Å². The first-order valence-electron chi connectivity index (χ1n) is 8.31. The molecule has 0 saturated carbocycles. The molecule has 134 valence electrons.